The Morgan fingerprint density at radius 1 is 0.811 bits per heavy atom. The van der Waals surface area contributed by atoms with Crippen molar-refractivity contribution in [1.29, 1.82) is 0 Å². The fraction of sp³-hybridized carbons (Fsp3) is 0.231. The minimum atomic E-state index is -1.07. The zero-order chi connectivity index (χ0) is 25.5. The summed E-state index contributed by atoms with van der Waals surface area (Å²) in [6.45, 7) is 1.27. The molecule has 37 heavy (non-hydrogen) atoms. The molecule has 2 aromatic carbocycles. The first-order chi connectivity index (χ1) is 18.0. The summed E-state index contributed by atoms with van der Waals surface area (Å²) < 4.78 is 8.88. The maximum atomic E-state index is 13.6. The Morgan fingerprint density at radius 3 is 1.89 bits per heavy atom. The number of benzene rings is 2. The number of hydrogen-bond acceptors (Lipinski definition) is 9. The maximum absolute atomic E-state index is 13.6. The summed E-state index contributed by atoms with van der Waals surface area (Å²) in [6, 6.07) is 16.7. The van der Waals surface area contributed by atoms with Crippen molar-refractivity contribution in [2.24, 2.45) is 0 Å². The molecule has 0 saturated carbocycles. The number of rotatable bonds is 6. The van der Waals surface area contributed by atoms with Crippen LogP contribution < -0.4 is 15.9 Å². The summed E-state index contributed by atoms with van der Waals surface area (Å²) in [5, 5.41) is 22.7. The van der Waals surface area contributed by atoms with Gasteiger partial charge < -0.3 is 14.9 Å². The second-order valence-electron chi connectivity index (χ2n) is 8.65. The van der Waals surface area contributed by atoms with Crippen molar-refractivity contribution >= 4 is 23.5 Å². The van der Waals surface area contributed by atoms with Gasteiger partial charge >= 0.3 is 0 Å². The van der Waals surface area contributed by atoms with E-state index in [1.54, 1.807) is 24.3 Å². The molecule has 0 atom stereocenters. The van der Waals surface area contributed by atoms with E-state index in [1.165, 1.54) is 32.7 Å². The standard InChI is InChI=1S/C26H22N4O5S2/c31-21-19(23(33)29-10-12-36-25(29)27-21)18(20-22(32)28-26-30(24(20)34)11-13-37-26)16-6-8-17(9-7-16)35-14-15-4-2-1-3-5-15/h1-9,18,31-32H,10-14H2. The second-order valence-corrected chi connectivity index (χ2v) is 10.8. The predicted molar refractivity (Wildman–Crippen MR) is 140 cm³/mol. The van der Waals surface area contributed by atoms with Gasteiger partial charge in [0.1, 0.15) is 12.4 Å². The molecular weight excluding hydrogens is 512 g/mol. The Bertz CT molecular complexity index is 1530. The quantitative estimate of drug-likeness (QED) is 0.360. The molecule has 0 aliphatic carbocycles. The molecule has 4 heterocycles. The first-order valence-corrected chi connectivity index (χ1v) is 13.7. The molecule has 0 fully saturated rings. The van der Waals surface area contributed by atoms with E-state index < -0.39 is 28.8 Å². The topological polar surface area (TPSA) is 119 Å². The Hall–Kier alpha value is -3.70. The van der Waals surface area contributed by atoms with E-state index in [1.807, 2.05) is 30.3 Å². The van der Waals surface area contributed by atoms with E-state index in [-0.39, 0.29) is 11.1 Å². The molecule has 2 aliphatic heterocycles. The average molecular weight is 535 g/mol. The molecule has 0 saturated heterocycles. The van der Waals surface area contributed by atoms with Crippen molar-refractivity contribution in [3.63, 3.8) is 0 Å². The molecule has 2 N–H and O–H groups in total. The van der Waals surface area contributed by atoms with Crippen LogP contribution in [0.25, 0.3) is 0 Å². The average Bonchev–Trinajstić information content (AvgIpc) is 3.57. The molecule has 2 aromatic heterocycles. The molecule has 4 aromatic rings. The third kappa shape index (κ3) is 4.27. The monoisotopic (exact) mass is 534 g/mol. The predicted octanol–water partition coefficient (Wildman–Crippen LogP) is 3.18. The van der Waals surface area contributed by atoms with E-state index in [9.17, 15) is 19.8 Å². The van der Waals surface area contributed by atoms with Gasteiger partial charge in [-0.1, -0.05) is 66.0 Å². The van der Waals surface area contributed by atoms with Gasteiger partial charge in [-0.3, -0.25) is 18.7 Å². The fourth-order valence-corrected chi connectivity index (χ4v) is 6.50. The van der Waals surface area contributed by atoms with Crippen LogP contribution in [0, 0.1) is 0 Å². The van der Waals surface area contributed by atoms with Gasteiger partial charge in [0.2, 0.25) is 11.8 Å². The van der Waals surface area contributed by atoms with Crippen LogP contribution in [0.3, 0.4) is 0 Å². The molecular formula is C26H22N4O5S2. The van der Waals surface area contributed by atoms with Gasteiger partial charge in [-0.05, 0) is 23.3 Å². The Kier molecular flexibility index (Phi) is 6.17. The highest BCUT2D eigenvalue weighted by atomic mass is 32.2. The van der Waals surface area contributed by atoms with E-state index >= 15 is 0 Å². The molecule has 0 radical (unpaired) electrons. The summed E-state index contributed by atoms with van der Waals surface area (Å²) in [5.41, 5.74) is 0.521. The zero-order valence-corrected chi connectivity index (χ0v) is 21.2. The Morgan fingerprint density at radius 2 is 1.35 bits per heavy atom. The third-order valence-electron chi connectivity index (χ3n) is 6.43. The maximum Gasteiger partial charge on any atom is 0.262 e. The van der Waals surface area contributed by atoms with E-state index in [2.05, 4.69) is 9.97 Å². The number of aromatic hydroxyl groups is 2. The molecule has 6 rings (SSSR count). The fourth-order valence-electron chi connectivity index (χ4n) is 4.63. The number of nitrogens with zero attached hydrogens (tertiary/aromatic N) is 4. The number of hydrogen-bond donors (Lipinski definition) is 2. The van der Waals surface area contributed by atoms with Crippen molar-refractivity contribution in [2.75, 3.05) is 11.5 Å². The minimum absolute atomic E-state index is 0.0652. The number of thioether (sulfide) groups is 2. The lowest BCUT2D eigenvalue weighted by Gasteiger charge is -2.20. The van der Waals surface area contributed by atoms with Gasteiger partial charge in [0.15, 0.2) is 10.3 Å². The van der Waals surface area contributed by atoms with Crippen LogP contribution in [0.2, 0.25) is 0 Å². The van der Waals surface area contributed by atoms with Crippen LogP contribution in [0.5, 0.6) is 17.5 Å². The van der Waals surface area contributed by atoms with Gasteiger partial charge in [0.25, 0.3) is 11.1 Å². The molecule has 11 heteroatoms. The summed E-state index contributed by atoms with van der Waals surface area (Å²) in [6.07, 6.45) is 0. The molecule has 188 valence electrons. The van der Waals surface area contributed by atoms with Crippen molar-refractivity contribution in [1.82, 2.24) is 19.1 Å². The first kappa shape index (κ1) is 23.7. The van der Waals surface area contributed by atoms with Gasteiger partial charge in [0.05, 0.1) is 17.0 Å². The smallest absolute Gasteiger partial charge is 0.262 e. The number of ether oxygens (including phenoxy) is 1. The van der Waals surface area contributed by atoms with Crippen LogP contribution in [-0.2, 0) is 19.7 Å². The van der Waals surface area contributed by atoms with Gasteiger partial charge in [-0.25, -0.2) is 0 Å². The summed E-state index contributed by atoms with van der Waals surface area (Å²) in [7, 11) is 0. The van der Waals surface area contributed by atoms with Crippen LogP contribution in [0.15, 0.2) is 74.5 Å². The van der Waals surface area contributed by atoms with Gasteiger partial charge in [0, 0.05) is 24.6 Å². The Labute approximate surface area is 219 Å². The van der Waals surface area contributed by atoms with Crippen LogP contribution >= 0.6 is 23.5 Å². The SMILES string of the molecule is O=c1c(C(c2ccc(OCc3ccccc3)cc2)c2c(O)nc3n(c2=O)CCS3)c(O)nc2n1CCS2. The van der Waals surface area contributed by atoms with Crippen LogP contribution in [0.4, 0.5) is 0 Å². The van der Waals surface area contributed by atoms with Crippen molar-refractivity contribution < 1.29 is 14.9 Å². The third-order valence-corrected chi connectivity index (χ3v) is 8.34. The highest BCUT2D eigenvalue weighted by Gasteiger charge is 2.34. The highest BCUT2D eigenvalue weighted by Crippen LogP contribution is 2.39. The molecule has 0 spiro atoms. The van der Waals surface area contributed by atoms with Crippen molar-refractivity contribution in [3.05, 3.63) is 97.6 Å². The first-order valence-electron chi connectivity index (χ1n) is 11.7. The van der Waals surface area contributed by atoms with Crippen LogP contribution in [-0.4, -0.2) is 40.8 Å². The lowest BCUT2D eigenvalue weighted by Crippen LogP contribution is -2.32. The minimum Gasteiger partial charge on any atom is -0.493 e. The number of aromatic nitrogens is 4. The zero-order valence-electron chi connectivity index (χ0n) is 19.5. The molecule has 0 amide bonds. The lowest BCUT2D eigenvalue weighted by molar-refractivity contribution is 0.306. The lowest BCUT2D eigenvalue weighted by atomic mass is 9.86. The van der Waals surface area contributed by atoms with Crippen LogP contribution in [0.1, 0.15) is 28.2 Å². The van der Waals surface area contributed by atoms with Crippen molar-refractivity contribution in [3.8, 4) is 17.5 Å². The molecule has 0 unspecified atom stereocenters. The van der Waals surface area contributed by atoms with Crippen molar-refractivity contribution in [2.45, 2.75) is 35.9 Å². The second kappa shape index (κ2) is 9.64. The van der Waals surface area contributed by atoms with E-state index in [0.717, 1.165) is 5.56 Å². The van der Waals surface area contributed by atoms with Gasteiger partial charge in [-0.15, -0.1) is 0 Å². The normalized spacial score (nSPS) is 14.1. The summed E-state index contributed by atoms with van der Waals surface area (Å²) in [4.78, 5) is 35.6. The molecule has 2 aliphatic rings. The summed E-state index contributed by atoms with van der Waals surface area (Å²) >= 11 is 2.76. The number of fused-ring (bicyclic) bond motifs is 2. The summed E-state index contributed by atoms with van der Waals surface area (Å²) in [5.74, 6) is -0.0727. The highest BCUT2D eigenvalue weighted by molar-refractivity contribution is 7.99. The largest absolute Gasteiger partial charge is 0.493 e. The molecule has 9 nitrogen and oxygen atoms in total. The molecule has 0 bridgehead atoms. The Balaban J connectivity index is 1.47. The van der Waals surface area contributed by atoms with E-state index in [0.29, 0.717) is 52.8 Å². The van der Waals surface area contributed by atoms with Gasteiger partial charge in [-0.2, -0.15) is 9.97 Å². The van der Waals surface area contributed by atoms with E-state index in [4.69, 9.17) is 4.74 Å².